The Hall–Kier alpha value is -1.50. The molecule has 0 atom stereocenters. The van der Waals surface area contributed by atoms with Gasteiger partial charge in [0.25, 0.3) is 0 Å². The largest absolute Gasteiger partial charge is 0.395 e. The summed E-state index contributed by atoms with van der Waals surface area (Å²) in [5.41, 5.74) is 1.08. The Morgan fingerprint density at radius 3 is 2.62 bits per heavy atom. The van der Waals surface area contributed by atoms with E-state index in [1.807, 2.05) is 30.3 Å². The van der Waals surface area contributed by atoms with E-state index in [0.717, 1.165) is 12.2 Å². The summed E-state index contributed by atoms with van der Waals surface area (Å²) in [5, 5.41) is 8.99. The molecule has 0 spiro atoms. The van der Waals surface area contributed by atoms with Crippen LogP contribution in [0.2, 0.25) is 0 Å². The molecule has 0 fully saturated rings. The molecule has 0 aliphatic carbocycles. The van der Waals surface area contributed by atoms with Crippen molar-refractivity contribution in [2.24, 2.45) is 0 Å². The molecule has 1 aromatic rings. The van der Waals surface area contributed by atoms with Crippen molar-refractivity contribution in [3.63, 3.8) is 0 Å². The van der Waals surface area contributed by atoms with Crippen LogP contribution in [0.5, 0.6) is 0 Å². The van der Waals surface area contributed by atoms with Gasteiger partial charge in [-0.25, -0.2) is 0 Å². The molecule has 3 nitrogen and oxygen atoms in total. The van der Waals surface area contributed by atoms with Crippen molar-refractivity contribution >= 4 is 5.69 Å². The summed E-state index contributed by atoms with van der Waals surface area (Å²) >= 11 is 0. The first-order valence-electron chi connectivity index (χ1n) is 5.30. The lowest BCUT2D eigenvalue weighted by molar-refractivity contribution is 0.172. The Balaban J connectivity index is 2.45. The van der Waals surface area contributed by atoms with Crippen molar-refractivity contribution in [2.75, 3.05) is 37.8 Å². The van der Waals surface area contributed by atoms with Gasteiger partial charge >= 0.3 is 0 Å². The minimum atomic E-state index is 0.129. The van der Waals surface area contributed by atoms with Crippen molar-refractivity contribution in [1.82, 2.24) is 0 Å². The zero-order valence-electron chi connectivity index (χ0n) is 9.30. The van der Waals surface area contributed by atoms with E-state index in [2.05, 4.69) is 10.8 Å². The van der Waals surface area contributed by atoms with Crippen molar-refractivity contribution in [3.05, 3.63) is 30.3 Å². The van der Waals surface area contributed by atoms with Gasteiger partial charge in [-0.2, -0.15) is 0 Å². The summed E-state index contributed by atoms with van der Waals surface area (Å²) in [6.07, 6.45) is 5.09. The lowest BCUT2D eigenvalue weighted by Crippen LogP contribution is -2.30. The first-order chi connectivity index (χ1) is 7.88. The van der Waals surface area contributed by atoms with Gasteiger partial charge in [-0.05, 0) is 12.1 Å². The Kier molecular flexibility index (Phi) is 6.09. The summed E-state index contributed by atoms with van der Waals surface area (Å²) in [7, 11) is 0. The third-order valence-electron chi connectivity index (χ3n) is 2.18. The van der Waals surface area contributed by atoms with Crippen LogP contribution < -0.4 is 4.90 Å². The fraction of sp³-hybridized carbons (Fsp3) is 0.385. The predicted molar refractivity (Wildman–Crippen MR) is 65.4 cm³/mol. The number of benzene rings is 1. The summed E-state index contributed by atoms with van der Waals surface area (Å²) in [5.74, 6) is 2.42. The standard InChI is InChI=1S/C13H17NO2/c1-2-11-16-12-9-14(8-10-15)13-6-4-3-5-7-13/h1,3-7,15H,8-12H2. The molecular weight excluding hydrogens is 202 g/mol. The van der Waals surface area contributed by atoms with Gasteiger partial charge in [0.1, 0.15) is 6.61 Å². The molecule has 0 saturated carbocycles. The van der Waals surface area contributed by atoms with Crippen LogP contribution in [0.15, 0.2) is 30.3 Å². The molecule has 0 amide bonds. The molecule has 1 aromatic carbocycles. The molecule has 1 N–H and O–H groups in total. The topological polar surface area (TPSA) is 32.7 Å². The van der Waals surface area contributed by atoms with Gasteiger partial charge in [-0.15, -0.1) is 6.42 Å². The molecule has 0 aliphatic heterocycles. The van der Waals surface area contributed by atoms with Gasteiger partial charge in [-0.1, -0.05) is 24.1 Å². The molecule has 86 valence electrons. The van der Waals surface area contributed by atoms with Crippen LogP contribution in [0.4, 0.5) is 5.69 Å². The van der Waals surface area contributed by atoms with Crippen molar-refractivity contribution in [1.29, 1.82) is 0 Å². The van der Waals surface area contributed by atoms with Crippen LogP contribution in [0, 0.1) is 12.3 Å². The zero-order valence-corrected chi connectivity index (χ0v) is 9.30. The molecule has 1 rings (SSSR count). The molecule has 0 unspecified atom stereocenters. The average molecular weight is 219 g/mol. The maximum Gasteiger partial charge on any atom is 0.107 e. The first kappa shape index (κ1) is 12.6. The van der Waals surface area contributed by atoms with E-state index in [1.54, 1.807) is 0 Å². The lowest BCUT2D eigenvalue weighted by Gasteiger charge is -2.23. The quantitative estimate of drug-likeness (QED) is 0.551. The third kappa shape index (κ3) is 4.35. The predicted octanol–water partition coefficient (Wildman–Crippen LogP) is 1.14. The number of para-hydroxylation sites is 1. The summed E-state index contributed by atoms with van der Waals surface area (Å²) in [6.45, 7) is 2.36. The molecular formula is C13H17NO2. The minimum Gasteiger partial charge on any atom is -0.395 e. The lowest BCUT2D eigenvalue weighted by atomic mass is 10.3. The Morgan fingerprint density at radius 1 is 1.25 bits per heavy atom. The van der Waals surface area contributed by atoms with Gasteiger partial charge in [0, 0.05) is 18.8 Å². The van der Waals surface area contributed by atoms with E-state index in [0.29, 0.717) is 19.8 Å². The Morgan fingerprint density at radius 2 is 2.00 bits per heavy atom. The number of aliphatic hydroxyl groups excluding tert-OH is 1. The number of terminal acetylenes is 1. The number of anilines is 1. The minimum absolute atomic E-state index is 0.129. The number of rotatable bonds is 7. The van der Waals surface area contributed by atoms with Gasteiger partial charge in [-0.3, -0.25) is 0 Å². The zero-order chi connectivity index (χ0) is 11.6. The maximum atomic E-state index is 8.99. The normalized spacial score (nSPS) is 9.75. The molecule has 0 saturated heterocycles. The van der Waals surface area contributed by atoms with E-state index in [9.17, 15) is 0 Å². The van der Waals surface area contributed by atoms with E-state index in [4.69, 9.17) is 16.3 Å². The van der Waals surface area contributed by atoms with Crippen LogP contribution in [0.1, 0.15) is 0 Å². The second-order valence-corrected chi connectivity index (χ2v) is 3.30. The highest BCUT2D eigenvalue weighted by Crippen LogP contribution is 2.11. The second kappa shape index (κ2) is 7.75. The molecule has 0 heterocycles. The van der Waals surface area contributed by atoms with Crippen LogP contribution in [0.3, 0.4) is 0 Å². The van der Waals surface area contributed by atoms with Crippen LogP contribution in [-0.4, -0.2) is 38.0 Å². The SMILES string of the molecule is C#CCOCCN(CCO)c1ccccc1. The van der Waals surface area contributed by atoms with Crippen molar-refractivity contribution < 1.29 is 9.84 Å². The molecule has 0 aromatic heterocycles. The van der Waals surface area contributed by atoms with Gasteiger partial charge in [0.2, 0.25) is 0 Å². The molecule has 3 heteroatoms. The number of nitrogens with zero attached hydrogens (tertiary/aromatic N) is 1. The van der Waals surface area contributed by atoms with E-state index >= 15 is 0 Å². The number of aliphatic hydroxyl groups is 1. The molecule has 0 aliphatic rings. The third-order valence-corrected chi connectivity index (χ3v) is 2.18. The highest BCUT2D eigenvalue weighted by atomic mass is 16.5. The van der Waals surface area contributed by atoms with Crippen molar-refractivity contribution in [3.8, 4) is 12.3 Å². The van der Waals surface area contributed by atoms with Crippen molar-refractivity contribution in [2.45, 2.75) is 0 Å². The Bertz CT molecular complexity index is 318. The molecule has 0 radical (unpaired) electrons. The van der Waals surface area contributed by atoms with E-state index in [-0.39, 0.29) is 6.61 Å². The van der Waals surface area contributed by atoms with Gasteiger partial charge in [0.15, 0.2) is 0 Å². The smallest absolute Gasteiger partial charge is 0.107 e. The highest BCUT2D eigenvalue weighted by Gasteiger charge is 2.04. The van der Waals surface area contributed by atoms with Gasteiger partial charge < -0.3 is 14.7 Å². The average Bonchev–Trinajstić information content (AvgIpc) is 2.34. The number of ether oxygens (including phenoxy) is 1. The maximum absolute atomic E-state index is 8.99. The molecule has 16 heavy (non-hydrogen) atoms. The van der Waals surface area contributed by atoms with Gasteiger partial charge in [0.05, 0.1) is 13.2 Å². The number of hydrogen-bond acceptors (Lipinski definition) is 3. The number of hydrogen-bond donors (Lipinski definition) is 1. The fourth-order valence-electron chi connectivity index (χ4n) is 1.44. The highest BCUT2D eigenvalue weighted by molar-refractivity contribution is 5.45. The summed E-state index contributed by atoms with van der Waals surface area (Å²) < 4.78 is 5.22. The summed E-state index contributed by atoms with van der Waals surface area (Å²) in [4.78, 5) is 2.07. The monoisotopic (exact) mass is 219 g/mol. The van der Waals surface area contributed by atoms with Crippen LogP contribution in [0.25, 0.3) is 0 Å². The van der Waals surface area contributed by atoms with Crippen LogP contribution >= 0.6 is 0 Å². The molecule has 0 bridgehead atoms. The Labute approximate surface area is 96.7 Å². The van der Waals surface area contributed by atoms with Crippen LogP contribution in [-0.2, 0) is 4.74 Å². The van der Waals surface area contributed by atoms with E-state index < -0.39 is 0 Å². The second-order valence-electron chi connectivity index (χ2n) is 3.30. The fourth-order valence-corrected chi connectivity index (χ4v) is 1.44. The summed E-state index contributed by atoms with van der Waals surface area (Å²) in [6, 6.07) is 9.94. The van der Waals surface area contributed by atoms with E-state index in [1.165, 1.54) is 0 Å². The first-order valence-corrected chi connectivity index (χ1v) is 5.30.